The van der Waals surface area contributed by atoms with Gasteiger partial charge in [0.2, 0.25) is 0 Å². The highest BCUT2D eigenvalue weighted by molar-refractivity contribution is 6.17. The number of hydrogen-bond donors (Lipinski definition) is 0. The molecule has 1 aliphatic rings. The number of hydrogen-bond acceptors (Lipinski definition) is 2. The minimum atomic E-state index is 0.555. The summed E-state index contributed by atoms with van der Waals surface area (Å²) in [6.45, 7) is 9.94. The molecule has 0 amide bonds. The van der Waals surface area contributed by atoms with E-state index in [1.54, 1.807) is 0 Å². The predicted octanol–water partition coefficient (Wildman–Crippen LogP) is 5.23. The predicted molar refractivity (Wildman–Crippen MR) is 92.3 cm³/mol. The summed E-state index contributed by atoms with van der Waals surface area (Å²) in [7, 11) is 0. The Labute approximate surface area is 134 Å². The zero-order valence-electron chi connectivity index (χ0n) is 14.0. The van der Waals surface area contributed by atoms with Gasteiger partial charge in [-0.2, -0.15) is 0 Å². The molecular weight excluding hydrogens is 280 g/mol. The fourth-order valence-electron chi connectivity index (χ4n) is 3.32. The van der Waals surface area contributed by atoms with Gasteiger partial charge in [-0.25, -0.2) is 4.98 Å². The Morgan fingerprint density at radius 3 is 2.52 bits per heavy atom. The fourth-order valence-corrected chi connectivity index (χ4v) is 3.65. The second-order valence-electron chi connectivity index (χ2n) is 6.83. The summed E-state index contributed by atoms with van der Waals surface area (Å²) >= 11 is 6.24. The van der Waals surface area contributed by atoms with Gasteiger partial charge in [0.05, 0.1) is 5.88 Å². The summed E-state index contributed by atoms with van der Waals surface area (Å²) in [5.41, 5.74) is 3.60. The SMILES string of the molecule is Cc1cc(C)c(CCl)c(N(CCC(C)C)C2CCCC2)n1. The molecule has 1 aromatic rings. The molecule has 3 heteroatoms. The van der Waals surface area contributed by atoms with Gasteiger partial charge in [0, 0.05) is 23.8 Å². The van der Waals surface area contributed by atoms with Crippen molar-refractivity contribution in [1.29, 1.82) is 0 Å². The third kappa shape index (κ3) is 4.12. The monoisotopic (exact) mass is 308 g/mol. The van der Waals surface area contributed by atoms with Crippen LogP contribution in [0.4, 0.5) is 5.82 Å². The van der Waals surface area contributed by atoms with Crippen LogP contribution in [0, 0.1) is 19.8 Å². The van der Waals surface area contributed by atoms with Crippen LogP contribution in [0.3, 0.4) is 0 Å². The molecule has 2 nitrogen and oxygen atoms in total. The number of halogens is 1. The Hall–Kier alpha value is -0.760. The number of alkyl halides is 1. The largest absolute Gasteiger partial charge is 0.353 e. The first-order valence-corrected chi connectivity index (χ1v) is 8.86. The average molecular weight is 309 g/mol. The molecule has 0 aromatic carbocycles. The van der Waals surface area contributed by atoms with Gasteiger partial charge in [-0.05, 0) is 50.7 Å². The zero-order valence-corrected chi connectivity index (χ0v) is 14.7. The highest BCUT2D eigenvalue weighted by Crippen LogP contribution is 2.32. The number of anilines is 1. The van der Waals surface area contributed by atoms with Crippen molar-refractivity contribution in [2.24, 2.45) is 5.92 Å². The summed E-state index contributed by atoms with van der Waals surface area (Å²) in [6.07, 6.45) is 6.52. The molecule has 0 N–H and O–H groups in total. The van der Waals surface area contributed by atoms with Crippen molar-refractivity contribution in [2.45, 2.75) is 71.7 Å². The van der Waals surface area contributed by atoms with Crippen molar-refractivity contribution in [2.75, 3.05) is 11.4 Å². The van der Waals surface area contributed by atoms with Crippen LogP contribution in [0.1, 0.15) is 62.8 Å². The first-order valence-electron chi connectivity index (χ1n) is 8.32. The van der Waals surface area contributed by atoms with E-state index in [1.165, 1.54) is 43.2 Å². The molecule has 1 fully saturated rings. The average Bonchev–Trinajstić information content (AvgIpc) is 2.92. The van der Waals surface area contributed by atoms with Crippen LogP contribution < -0.4 is 4.90 Å². The molecule has 1 aliphatic carbocycles. The summed E-state index contributed by atoms with van der Waals surface area (Å²) < 4.78 is 0. The molecule has 0 saturated heterocycles. The Morgan fingerprint density at radius 2 is 1.95 bits per heavy atom. The van der Waals surface area contributed by atoms with E-state index in [4.69, 9.17) is 16.6 Å². The third-order valence-electron chi connectivity index (χ3n) is 4.57. The minimum Gasteiger partial charge on any atom is -0.353 e. The standard InChI is InChI=1S/C18H29ClN2/c1-13(2)9-10-21(16-7-5-6-8-16)18-17(12-19)14(3)11-15(4)20-18/h11,13,16H,5-10,12H2,1-4H3. The molecular formula is C18H29ClN2. The number of rotatable bonds is 6. The van der Waals surface area contributed by atoms with Gasteiger partial charge in [0.25, 0.3) is 0 Å². The molecule has 0 radical (unpaired) electrons. The maximum atomic E-state index is 6.24. The molecule has 2 rings (SSSR count). The summed E-state index contributed by atoms with van der Waals surface area (Å²) in [5.74, 6) is 2.42. The molecule has 0 spiro atoms. The van der Waals surface area contributed by atoms with Gasteiger partial charge < -0.3 is 4.90 Å². The molecule has 118 valence electrons. The van der Waals surface area contributed by atoms with Crippen molar-refractivity contribution in [3.8, 4) is 0 Å². The first-order chi connectivity index (χ1) is 10.0. The first kappa shape index (κ1) is 16.6. The lowest BCUT2D eigenvalue weighted by atomic mass is 10.1. The van der Waals surface area contributed by atoms with E-state index in [2.05, 4.69) is 38.7 Å². The van der Waals surface area contributed by atoms with Crippen LogP contribution in [0.25, 0.3) is 0 Å². The highest BCUT2D eigenvalue weighted by atomic mass is 35.5. The Balaban J connectivity index is 2.34. The topological polar surface area (TPSA) is 16.1 Å². The minimum absolute atomic E-state index is 0.555. The van der Waals surface area contributed by atoms with E-state index in [9.17, 15) is 0 Å². The second kappa shape index (κ2) is 7.49. The molecule has 0 unspecified atom stereocenters. The number of aromatic nitrogens is 1. The van der Waals surface area contributed by atoms with Crippen molar-refractivity contribution >= 4 is 17.4 Å². The zero-order chi connectivity index (χ0) is 15.4. The van der Waals surface area contributed by atoms with Crippen molar-refractivity contribution < 1.29 is 0 Å². The molecule has 0 atom stereocenters. The van der Waals surface area contributed by atoms with Crippen LogP contribution in [0.5, 0.6) is 0 Å². The van der Waals surface area contributed by atoms with E-state index in [0.717, 1.165) is 24.0 Å². The van der Waals surface area contributed by atoms with Gasteiger partial charge >= 0.3 is 0 Å². The van der Waals surface area contributed by atoms with E-state index in [-0.39, 0.29) is 0 Å². The third-order valence-corrected chi connectivity index (χ3v) is 4.84. The van der Waals surface area contributed by atoms with Gasteiger partial charge in [0.1, 0.15) is 5.82 Å². The van der Waals surface area contributed by atoms with Crippen LogP contribution in [-0.2, 0) is 5.88 Å². The summed E-state index contributed by atoms with van der Waals surface area (Å²) in [5, 5.41) is 0. The lowest BCUT2D eigenvalue weighted by Crippen LogP contribution is -2.36. The van der Waals surface area contributed by atoms with Crippen LogP contribution in [0.15, 0.2) is 6.07 Å². The van der Waals surface area contributed by atoms with E-state index in [0.29, 0.717) is 11.9 Å². The Kier molecular flexibility index (Phi) is 5.92. The van der Waals surface area contributed by atoms with E-state index in [1.807, 2.05) is 0 Å². The van der Waals surface area contributed by atoms with Gasteiger partial charge in [-0.1, -0.05) is 26.7 Å². The Morgan fingerprint density at radius 1 is 1.29 bits per heavy atom. The fraction of sp³-hybridized carbons (Fsp3) is 0.722. The van der Waals surface area contributed by atoms with Crippen molar-refractivity contribution in [1.82, 2.24) is 4.98 Å². The van der Waals surface area contributed by atoms with Gasteiger partial charge in [-0.3, -0.25) is 0 Å². The second-order valence-corrected chi connectivity index (χ2v) is 7.10. The van der Waals surface area contributed by atoms with Crippen molar-refractivity contribution in [3.05, 3.63) is 22.9 Å². The maximum absolute atomic E-state index is 6.24. The van der Waals surface area contributed by atoms with E-state index < -0.39 is 0 Å². The molecule has 1 saturated carbocycles. The molecule has 0 bridgehead atoms. The molecule has 1 aromatic heterocycles. The normalized spacial score (nSPS) is 15.9. The quantitative estimate of drug-likeness (QED) is 0.669. The van der Waals surface area contributed by atoms with Crippen LogP contribution >= 0.6 is 11.6 Å². The van der Waals surface area contributed by atoms with Gasteiger partial charge in [0.15, 0.2) is 0 Å². The number of nitrogens with zero attached hydrogens (tertiary/aromatic N) is 2. The number of aryl methyl sites for hydroxylation is 2. The summed E-state index contributed by atoms with van der Waals surface area (Å²) in [4.78, 5) is 7.43. The smallest absolute Gasteiger partial charge is 0.133 e. The van der Waals surface area contributed by atoms with E-state index >= 15 is 0 Å². The summed E-state index contributed by atoms with van der Waals surface area (Å²) in [6, 6.07) is 2.80. The molecule has 0 aliphatic heterocycles. The number of pyridine rings is 1. The highest BCUT2D eigenvalue weighted by Gasteiger charge is 2.26. The lowest BCUT2D eigenvalue weighted by Gasteiger charge is -2.33. The van der Waals surface area contributed by atoms with Gasteiger partial charge in [-0.15, -0.1) is 11.6 Å². The van der Waals surface area contributed by atoms with Crippen LogP contribution in [0.2, 0.25) is 0 Å². The maximum Gasteiger partial charge on any atom is 0.133 e. The molecule has 21 heavy (non-hydrogen) atoms. The lowest BCUT2D eigenvalue weighted by molar-refractivity contribution is 0.523. The molecule has 1 heterocycles. The van der Waals surface area contributed by atoms with Crippen molar-refractivity contribution in [3.63, 3.8) is 0 Å². The van der Waals surface area contributed by atoms with Crippen LogP contribution in [-0.4, -0.2) is 17.6 Å². The Bertz CT molecular complexity index is 465.